The summed E-state index contributed by atoms with van der Waals surface area (Å²) in [6, 6.07) is -1.66. The molecule has 0 aromatic heterocycles. The molecule has 8 nitrogen and oxygen atoms in total. The van der Waals surface area contributed by atoms with Gasteiger partial charge in [-0.2, -0.15) is 0 Å². The summed E-state index contributed by atoms with van der Waals surface area (Å²) in [5.74, 6) is -0.843. The molecule has 1 heterocycles. The van der Waals surface area contributed by atoms with E-state index in [9.17, 15) is 28.0 Å². The van der Waals surface area contributed by atoms with Crippen LogP contribution in [0.2, 0.25) is 0 Å². The highest BCUT2D eigenvalue weighted by Crippen LogP contribution is 2.59. The van der Waals surface area contributed by atoms with E-state index < -0.39 is 54.3 Å². The van der Waals surface area contributed by atoms with Crippen LogP contribution in [0.15, 0.2) is 12.2 Å². The number of urea groups is 1. The molecule has 3 amide bonds. The molecule has 1 N–H and O–H groups in total. The standard InChI is InChI=1S/C18H20F2N2O6/c1-4-7-22-11(15(24)21-17(22)26)8-28-16(25)14-10(18(14,2)3)5-6-13(23)27-9-12(19)20/h1,5-6,10-12,14H,7-9H2,2-3H3,(H,21,24,26)/b6-5-/t10-,11?,14-/m0/s1. The number of carbonyl (C=O) groups excluding carboxylic acids is 4. The second-order valence-corrected chi connectivity index (χ2v) is 6.98. The SMILES string of the molecule is C#CCN1C(=O)NC(=O)C1COC(=O)[C@@H]1[C@H](/C=C\C(=O)OCC(F)F)C1(C)C. The first-order valence-electron chi connectivity index (χ1n) is 8.44. The minimum absolute atomic E-state index is 0.110. The van der Waals surface area contributed by atoms with Crippen LogP contribution in [-0.4, -0.2) is 61.0 Å². The van der Waals surface area contributed by atoms with Crippen molar-refractivity contribution in [2.24, 2.45) is 17.3 Å². The summed E-state index contributed by atoms with van der Waals surface area (Å²) in [7, 11) is 0. The molecule has 1 aliphatic heterocycles. The molecular weight excluding hydrogens is 378 g/mol. The molecule has 2 fully saturated rings. The molecule has 3 atom stereocenters. The first-order valence-corrected chi connectivity index (χ1v) is 8.44. The molecule has 2 aliphatic rings. The third-order valence-corrected chi connectivity index (χ3v) is 4.77. The lowest BCUT2D eigenvalue weighted by Gasteiger charge is -2.19. The Labute approximate surface area is 160 Å². The molecule has 0 aromatic carbocycles. The number of hydrogen-bond acceptors (Lipinski definition) is 6. The fourth-order valence-electron chi connectivity index (χ4n) is 3.10. The van der Waals surface area contributed by atoms with Gasteiger partial charge in [-0.05, 0) is 11.3 Å². The van der Waals surface area contributed by atoms with Crippen LogP contribution in [0.3, 0.4) is 0 Å². The van der Waals surface area contributed by atoms with Crippen LogP contribution in [-0.2, 0) is 23.9 Å². The number of esters is 2. The normalized spacial score (nSPS) is 25.6. The Morgan fingerprint density at radius 2 is 2.04 bits per heavy atom. The highest BCUT2D eigenvalue weighted by atomic mass is 19.3. The lowest BCUT2D eigenvalue weighted by Crippen LogP contribution is -2.39. The fourth-order valence-corrected chi connectivity index (χ4v) is 3.10. The smallest absolute Gasteiger partial charge is 0.330 e. The predicted molar refractivity (Wildman–Crippen MR) is 90.7 cm³/mol. The molecule has 0 aromatic rings. The summed E-state index contributed by atoms with van der Waals surface area (Å²) in [4.78, 5) is 48.2. The summed E-state index contributed by atoms with van der Waals surface area (Å²) in [5.41, 5.74) is -0.525. The number of hydrogen-bond donors (Lipinski definition) is 1. The Morgan fingerprint density at radius 1 is 1.36 bits per heavy atom. The lowest BCUT2D eigenvalue weighted by atomic mass is 10.1. The van der Waals surface area contributed by atoms with Gasteiger partial charge >= 0.3 is 18.0 Å². The molecule has 1 saturated heterocycles. The molecule has 28 heavy (non-hydrogen) atoms. The van der Waals surface area contributed by atoms with Gasteiger partial charge in [-0.1, -0.05) is 25.8 Å². The lowest BCUT2D eigenvalue weighted by molar-refractivity contribution is -0.148. The van der Waals surface area contributed by atoms with Gasteiger partial charge in [0.05, 0.1) is 12.5 Å². The van der Waals surface area contributed by atoms with Crippen molar-refractivity contribution in [3.8, 4) is 12.3 Å². The van der Waals surface area contributed by atoms with Crippen molar-refractivity contribution in [3.63, 3.8) is 0 Å². The van der Waals surface area contributed by atoms with Gasteiger partial charge in [-0.3, -0.25) is 19.8 Å². The maximum atomic E-state index is 12.4. The average Bonchev–Trinajstić information content (AvgIpc) is 3.05. The third kappa shape index (κ3) is 4.65. The molecule has 10 heteroatoms. The van der Waals surface area contributed by atoms with E-state index >= 15 is 0 Å². The molecule has 0 spiro atoms. The van der Waals surface area contributed by atoms with Crippen molar-refractivity contribution in [2.45, 2.75) is 26.3 Å². The van der Waals surface area contributed by atoms with Gasteiger partial charge in [0.25, 0.3) is 12.3 Å². The average molecular weight is 398 g/mol. The Kier molecular flexibility index (Phi) is 6.38. The number of allylic oxidation sites excluding steroid dienone is 1. The van der Waals surface area contributed by atoms with Crippen LogP contribution < -0.4 is 5.32 Å². The minimum Gasteiger partial charge on any atom is -0.463 e. The zero-order valence-corrected chi connectivity index (χ0v) is 15.3. The molecular formula is C18H20F2N2O6. The summed E-state index contributed by atoms with van der Waals surface area (Å²) >= 11 is 0. The van der Waals surface area contributed by atoms with Crippen LogP contribution in [0.4, 0.5) is 13.6 Å². The molecule has 0 radical (unpaired) electrons. The van der Waals surface area contributed by atoms with Crippen LogP contribution in [0.25, 0.3) is 0 Å². The van der Waals surface area contributed by atoms with Crippen molar-refractivity contribution >= 4 is 23.9 Å². The Balaban J connectivity index is 1.90. The first-order chi connectivity index (χ1) is 13.1. The van der Waals surface area contributed by atoms with Gasteiger partial charge < -0.3 is 9.47 Å². The predicted octanol–water partition coefficient (Wildman–Crippen LogP) is 0.720. The number of rotatable bonds is 8. The number of alkyl halides is 2. The van der Waals surface area contributed by atoms with E-state index in [-0.39, 0.29) is 19.1 Å². The Bertz CT molecular complexity index is 743. The van der Waals surface area contributed by atoms with Gasteiger partial charge in [-0.15, -0.1) is 6.42 Å². The molecule has 1 saturated carbocycles. The highest BCUT2D eigenvalue weighted by Gasteiger charge is 2.61. The van der Waals surface area contributed by atoms with E-state index in [1.165, 1.54) is 6.08 Å². The Hall–Kier alpha value is -2.96. The van der Waals surface area contributed by atoms with E-state index in [1.54, 1.807) is 13.8 Å². The van der Waals surface area contributed by atoms with E-state index in [2.05, 4.69) is 16.0 Å². The second kappa shape index (κ2) is 8.37. The Morgan fingerprint density at radius 3 is 2.64 bits per heavy atom. The molecule has 0 bridgehead atoms. The maximum Gasteiger partial charge on any atom is 0.330 e. The quantitative estimate of drug-likeness (QED) is 0.280. The summed E-state index contributed by atoms with van der Waals surface area (Å²) in [6.07, 6.45) is 4.82. The van der Waals surface area contributed by atoms with Crippen LogP contribution in [0.1, 0.15) is 13.8 Å². The number of nitrogens with zero attached hydrogens (tertiary/aromatic N) is 1. The van der Waals surface area contributed by atoms with Crippen LogP contribution in [0.5, 0.6) is 0 Å². The summed E-state index contributed by atoms with van der Waals surface area (Å²) in [5, 5.41) is 2.09. The topological polar surface area (TPSA) is 102 Å². The third-order valence-electron chi connectivity index (χ3n) is 4.77. The van der Waals surface area contributed by atoms with Crippen molar-refractivity contribution in [1.29, 1.82) is 0 Å². The van der Waals surface area contributed by atoms with Crippen molar-refractivity contribution in [1.82, 2.24) is 10.2 Å². The van der Waals surface area contributed by atoms with E-state index in [4.69, 9.17) is 11.2 Å². The van der Waals surface area contributed by atoms with E-state index in [1.807, 2.05) is 0 Å². The number of halogens is 2. The molecule has 152 valence electrons. The van der Waals surface area contributed by atoms with Crippen LogP contribution >= 0.6 is 0 Å². The fraction of sp³-hybridized carbons (Fsp3) is 0.556. The van der Waals surface area contributed by atoms with Gasteiger partial charge in [-0.25, -0.2) is 18.4 Å². The zero-order chi connectivity index (χ0) is 21.1. The van der Waals surface area contributed by atoms with E-state index in [0.717, 1.165) is 11.0 Å². The molecule has 1 aliphatic carbocycles. The minimum atomic E-state index is -2.76. The number of nitrogens with one attached hydrogen (secondary N) is 1. The first kappa shape index (κ1) is 21.3. The monoisotopic (exact) mass is 398 g/mol. The number of amides is 3. The number of imide groups is 1. The zero-order valence-electron chi connectivity index (χ0n) is 15.3. The number of carbonyl (C=O) groups is 4. The van der Waals surface area contributed by atoms with Gasteiger partial charge in [0, 0.05) is 6.08 Å². The number of ether oxygens (including phenoxy) is 2. The maximum absolute atomic E-state index is 12.4. The van der Waals surface area contributed by atoms with Crippen LogP contribution in [0, 0.1) is 29.6 Å². The summed E-state index contributed by atoms with van der Waals surface area (Å²) < 4.78 is 33.5. The van der Waals surface area contributed by atoms with Gasteiger partial charge in [0.1, 0.15) is 12.6 Å². The molecule has 1 unspecified atom stereocenters. The van der Waals surface area contributed by atoms with Crippen molar-refractivity contribution in [3.05, 3.63) is 12.2 Å². The highest BCUT2D eigenvalue weighted by molar-refractivity contribution is 6.04. The van der Waals surface area contributed by atoms with E-state index in [0.29, 0.717) is 0 Å². The van der Waals surface area contributed by atoms with Crippen molar-refractivity contribution in [2.75, 3.05) is 19.8 Å². The van der Waals surface area contributed by atoms with Gasteiger partial charge in [0.15, 0.2) is 6.61 Å². The second-order valence-electron chi connectivity index (χ2n) is 6.98. The van der Waals surface area contributed by atoms with Crippen molar-refractivity contribution < 1.29 is 37.4 Å². The largest absolute Gasteiger partial charge is 0.463 e. The number of terminal acetylenes is 1. The summed E-state index contributed by atoms with van der Waals surface area (Å²) in [6.45, 7) is 2.08. The molecule has 2 rings (SSSR count). The van der Waals surface area contributed by atoms with Gasteiger partial charge in [0.2, 0.25) is 0 Å².